The zero-order valence-electron chi connectivity index (χ0n) is 14.1. The van der Waals surface area contributed by atoms with Crippen molar-refractivity contribution >= 4 is 5.97 Å². The lowest BCUT2D eigenvalue weighted by atomic mass is 9.92. The largest absolute Gasteiger partial charge is 0.497 e. The molecule has 5 heteroatoms. The first-order valence-electron chi connectivity index (χ1n) is 7.75. The van der Waals surface area contributed by atoms with E-state index in [0.717, 1.165) is 11.1 Å². The average molecular weight is 330 g/mol. The summed E-state index contributed by atoms with van der Waals surface area (Å²) in [4.78, 5) is 11.7. The first kappa shape index (κ1) is 17.7. The van der Waals surface area contributed by atoms with Crippen molar-refractivity contribution in [1.29, 1.82) is 0 Å². The van der Waals surface area contributed by atoms with Crippen LogP contribution in [0.2, 0.25) is 0 Å². The molecular weight excluding hydrogens is 308 g/mol. The molecule has 0 bridgehead atoms. The van der Waals surface area contributed by atoms with Crippen LogP contribution in [0.4, 0.5) is 0 Å². The lowest BCUT2D eigenvalue weighted by Crippen LogP contribution is -2.14. The quantitative estimate of drug-likeness (QED) is 0.802. The second-order valence-electron chi connectivity index (χ2n) is 5.29. The van der Waals surface area contributed by atoms with Gasteiger partial charge < -0.3 is 19.3 Å². The third-order valence-electron chi connectivity index (χ3n) is 3.78. The van der Waals surface area contributed by atoms with Crippen LogP contribution in [-0.4, -0.2) is 31.9 Å². The minimum Gasteiger partial charge on any atom is -0.497 e. The molecule has 0 fully saturated rings. The smallest absolute Gasteiger partial charge is 0.311 e. The Labute approximate surface area is 141 Å². The number of hydrogen-bond acceptors (Lipinski definition) is 4. The Morgan fingerprint density at radius 3 is 2.29 bits per heavy atom. The van der Waals surface area contributed by atoms with Crippen molar-refractivity contribution in [2.75, 3.05) is 20.8 Å². The van der Waals surface area contributed by atoms with Crippen molar-refractivity contribution in [3.8, 4) is 17.2 Å². The Kier molecular flexibility index (Phi) is 6.07. The third-order valence-corrected chi connectivity index (χ3v) is 3.78. The fraction of sp³-hybridized carbons (Fsp3) is 0.316. The highest BCUT2D eigenvalue weighted by Crippen LogP contribution is 2.31. The maximum atomic E-state index is 11.7. The Hall–Kier alpha value is -2.69. The van der Waals surface area contributed by atoms with Crippen molar-refractivity contribution < 1.29 is 24.1 Å². The molecule has 0 aliphatic heterocycles. The number of carbonyl (C=O) groups is 1. The predicted octanol–water partition coefficient (Wildman–Crippen LogP) is 3.51. The molecule has 0 saturated heterocycles. The van der Waals surface area contributed by atoms with Gasteiger partial charge in [0.15, 0.2) is 11.5 Å². The van der Waals surface area contributed by atoms with Gasteiger partial charge in [0.25, 0.3) is 0 Å². The Balaban J connectivity index is 2.25. The van der Waals surface area contributed by atoms with E-state index in [2.05, 4.69) is 0 Å². The molecule has 1 atom stereocenters. The molecule has 1 unspecified atom stereocenters. The molecule has 0 saturated carbocycles. The van der Waals surface area contributed by atoms with Gasteiger partial charge in [0, 0.05) is 0 Å². The third kappa shape index (κ3) is 4.19. The van der Waals surface area contributed by atoms with Crippen molar-refractivity contribution in [2.24, 2.45) is 0 Å². The molecule has 0 aromatic heterocycles. The predicted molar refractivity (Wildman–Crippen MR) is 91.2 cm³/mol. The lowest BCUT2D eigenvalue weighted by Gasteiger charge is -2.15. The topological polar surface area (TPSA) is 65.0 Å². The number of carboxylic acid groups (broad SMARTS) is 1. The lowest BCUT2D eigenvalue weighted by molar-refractivity contribution is -0.138. The van der Waals surface area contributed by atoms with Crippen LogP contribution in [0.15, 0.2) is 42.5 Å². The van der Waals surface area contributed by atoms with Crippen LogP contribution < -0.4 is 14.2 Å². The number of rotatable bonds is 8. The van der Waals surface area contributed by atoms with E-state index < -0.39 is 11.9 Å². The van der Waals surface area contributed by atoms with Gasteiger partial charge in [0.05, 0.1) is 26.7 Å². The normalized spacial score (nSPS) is 11.6. The highest BCUT2D eigenvalue weighted by Gasteiger charge is 2.21. The average Bonchev–Trinajstić information content (AvgIpc) is 2.60. The van der Waals surface area contributed by atoms with Gasteiger partial charge in [-0.25, -0.2) is 0 Å². The highest BCUT2D eigenvalue weighted by atomic mass is 16.5. The van der Waals surface area contributed by atoms with Crippen molar-refractivity contribution in [1.82, 2.24) is 0 Å². The standard InChI is InChI=1S/C19H22O5/c1-4-24-17-10-5-13(12-18(17)23-3)11-16(19(20)21)14-6-8-15(22-2)9-7-14/h5-10,12,16H,4,11H2,1-3H3,(H,20,21). The molecule has 5 nitrogen and oxygen atoms in total. The first-order chi connectivity index (χ1) is 11.6. The minimum absolute atomic E-state index is 0.366. The van der Waals surface area contributed by atoms with Gasteiger partial charge in [-0.2, -0.15) is 0 Å². The summed E-state index contributed by atoms with van der Waals surface area (Å²) in [5.41, 5.74) is 1.61. The number of methoxy groups -OCH3 is 2. The second-order valence-corrected chi connectivity index (χ2v) is 5.29. The number of carboxylic acids is 1. The minimum atomic E-state index is -0.868. The van der Waals surface area contributed by atoms with E-state index in [-0.39, 0.29) is 0 Å². The monoisotopic (exact) mass is 330 g/mol. The van der Waals surface area contributed by atoms with Gasteiger partial charge in [-0.3, -0.25) is 4.79 Å². The van der Waals surface area contributed by atoms with Crippen molar-refractivity contribution in [2.45, 2.75) is 19.3 Å². The fourth-order valence-electron chi connectivity index (χ4n) is 2.53. The highest BCUT2D eigenvalue weighted by molar-refractivity contribution is 5.76. The van der Waals surface area contributed by atoms with Gasteiger partial charge in [0.2, 0.25) is 0 Å². The molecule has 2 aromatic carbocycles. The van der Waals surface area contributed by atoms with E-state index in [1.54, 1.807) is 38.5 Å². The summed E-state index contributed by atoms with van der Waals surface area (Å²) in [5, 5.41) is 9.59. The number of hydrogen-bond donors (Lipinski definition) is 1. The molecule has 2 rings (SSSR count). The number of aliphatic carboxylic acids is 1. The summed E-state index contributed by atoms with van der Waals surface area (Å²) in [6, 6.07) is 12.6. The Morgan fingerprint density at radius 1 is 1.04 bits per heavy atom. The summed E-state index contributed by atoms with van der Waals surface area (Å²) in [7, 11) is 3.15. The fourth-order valence-corrected chi connectivity index (χ4v) is 2.53. The van der Waals surface area contributed by atoms with Crippen LogP contribution in [0.25, 0.3) is 0 Å². The molecule has 0 radical (unpaired) electrons. The van der Waals surface area contributed by atoms with E-state index in [0.29, 0.717) is 30.3 Å². The van der Waals surface area contributed by atoms with Crippen LogP contribution in [0, 0.1) is 0 Å². The molecule has 2 aromatic rings. The van der Waals surface area contributed by atoms with Crippen molar-refractivity contribution in [3.63, 3.8) is 0 Å². The maximum Gasteiger partial charge on any atom is 0.311 e. The molecule has 0 aliphatic carbocycles. The Morgan fingerprint density at radius 2 is 1.75 bits per heavy atom. The van der Waals surface area contributed by atoms with E-state index in [4.69, 9.17) is 14.2 Å². The van der Waals surface area contributed by atoms with Gasteiger partial charge in [-0.1, -0.05) is 18.2 Å². The SMILES string of the molecule is CCOc1ccc(CC(C(=O)O)c2ccc(OC)cc2)cc1OC. The summed E-state index contributed by atoms with van der Waals surface area (Å²) >= 11 is 0. The van der Waals surface area contributed by atoms with E-state index >= 15 is 0 Å². The Bertz CT molecular complexity index is 679. The van der Waals surface area contributed by atoms with Gasteiger partial charge in [0.1, 0.15) is 5.75 Å². The number of benzene rings is 2. The van der Waals surface area contributed by atoms with Crippen LogP contribution in [0.5, 0.6) is 17.2 Å². The molecular formula is C19H22O5. The molecule has 0 amide bonds. The summed E-state index contributed by atoms with van der Waals surface area (Å²) < 4.78 is 15.9. The van der Waals surface area contributed by atoms with Crippen molar-refractivity contribution in [3.05, 3.63) is 53.6 Å². The molecule has 128 valence electrons. The van der Waals surface area contributed by atoms with E-state index in [1.807, 2.05) is 25.1 Å². The van der Waals surface area contributed by atoms with E-state index in [1.165, 1.54) is 0 Å². The summed E-state index contributed by atoms with van der Waals surface area (Å²) in [6.45, 7) is 2.44. The zero-order chi connectivity index (χ0) is 17.5. The molecule has 1 N–H and O–H groups in total. The van der Waals surface area contributed by atoms with E-state index in [9.17, 15) is 9.90 Å². The summed E-state index contributed by atoms with van der Waals surface area (Å²) in [6.07, 6.45) is 0.366. The first-order valence-corrected chi connectivity index (χ1v) is 7.75. The molecule has 24 heavy (non-hydrogen) atoms. The number of ether oxygens (including phenoxy) is 3. The van der Waals surface area contributed by atoms with Crippen LogP contribution in [-0.2, 0) is 11.2 Å². The second kappa shape index (κ2) is 8.24. The molecule has 0 heterocycles. The van der Waals surface area contributed by atoms with Crippen LogP contribution >= 0.6 is 0 Å². The molecule has 0 aliphatic rings. The maximum absolute atomic E-state index is 11.7. The van der Waals surface area contributed by atoms with Crippen LogP contribution in [0.3, 0.4) is 0 Å². The molecule has 0 spiro atoms. The van der Waals surface area contributed by atoms with Gasteiger partial charge in [-0.05, 0) is 48.7 Å². The van der Waals surface area contributed by atoms with Gasteiger partial charge >= 0.3 is 5.97 Å². The van der Waals surface area contributed by atoms with Crippen LogP contribution in [0.1, 0.15) is 24.0 Å². The summed E-state index contributed by atoms with van der Waals surface area (Å²) in [5.74, 6) is 0.450. The zero-order valence-corrected chi connectivity index (χ0v) is 14.1. The van der Waals surface area contributed by atoms with Gasteiger partial charge in [-0.15, -0.1) is 0 Å².